The highest BCUT2D eigenvalue weighted by atomic mass is 14.9. The quantitative estimate of drug-likeness (QED) is 0.718. The maximum atomic E-state index is 4.72. The zero-order valence-corrected chi connectivity index (χ0v) is 9.53. The number of hydrogen-bond donors (Lipinski definition) is 0. The molecule has 80 valence electrons. The first kappa shape index (κ1) is 10.3. The van der Waals surface area contributed by atoms with Gasteiger partial charge in [-0.05, 0) is 50.2 Å². The number of aryl methyl sites for hydroxylation is 1. The number of pyridine rings is 1. The minimum atomic E-state index is 0.700. The van der Waals surface area contributed by atoms with Crippen LogP contribution in [-0.2, 0) is 0 Å². The van der Waals surface area contributed by atoms with Crippen molar-refractivity contribution in [1.29, 1.82) is 0 Å². The monoisotopic (exact) mass is 202 g/mol. The molecule has 2 rings (SSSR count). The summed E-state index contributed by atoms with van der Waals surface area (Å²) in [5.41, 5.74) is 2.53. The molecule has 1 fully saturated rings. The second-order valence-corrected chi connectivity index (χ2v) is 4.24. The molecule has 0 bridgehead atoms. The van der Waals surface area contributed by atoms with E-state index in [1.807, 2.05) is 12.3 Å². The molecule has 2 heteroatoms. The van der Waals surface area contributed by atoms with Crippen molar-refractivity contribution >= 4 is 11.5 Å². The molecule has 0 aliphatic heterocycles. The van der Waals surface area contributed by atoms with Gasteiger partial charge in [-0.15, -0.1) is 0 Å². The Bertz CT molecular complexity index is 369. The highest BCUT2D eigenvalue weighted by Crippen LogP contribution is 2.28. The van der Waals surface area contributed by atoms with Crippen LogP contribution in [0.25, 0.3) is 0 Å². The van der Waals surface area contributed by atoms with E-state index < -0.39 is 0 Å². The maximum Gasteiger partial charge on any atom is 0.154 e. The highest BCUT2D eigenvalue weighted by molar-refractivity contribution is 5.90. The Morgan fingerprint density at radius 2 is 2.40 bits per heavy atom. The summed E-state index contributed by atoms with van der Waals surface area (Å²) in [4.78, 5) is 9.04. The fraction of sp³-hybridized carbons (Fsp3) is 0.538. The Kier molecular flexibility index (Phi) is 3.14. The van der Waals surface area contributed by atoms with E-state index in [2.05, 4.69) is 24.9 Å². The predicted molar refractivity (Wildman–Crippen MR) is 63.7 cm³/mol. The third kappa shape index (κ3) is 2.25. The molecule has 1 atom stereocenters. The van der Waals surface area contributed by atoms with Crippen LogP contribution in [0.3, 0.4) is 0 Å². The van der Waals surface area contributed by atoms with Gasteiger partial charge in [-0.1, -0.05) is 13.0 Å². The lowest BCUT2D eigenvalue weighted by atomic mass is 10.0. The van der Waals surface area contributed by atoms with Crippen LogP contribution in [0.4, 0.5) is 5.82 Å². The fourth-order valence-electron chi connectivity index (χ4n) is 2.22. The molecular weight excluding hydrogens is 184 g/mol. The zero-order valence-electron chi connectivity index (χ0n) is 9.53. The van der Waals surface area contributed by atoms with Gasteiger partial charge in [0.25, 0.3) is 0 Å². The van der Waals surface area contributed by atoms with Gasteiger partial charge in [0, 0.05) is 11.9 Å². The average molecular weight is 202 g/mol. The van der Waals surface area contributed by atoms with Crippen molar-refractivity contribution in [3.05, 3.63) is 23.9 Å². The SMILES string of the molecule is CCC1CCC/C1=N\c1ncccc1C. The van der Waals surface area contributed by atoms with Gasteiger partial charge in [0.1, 0.15) is 0 Å². The summed E-state index contributed by atoms with van der Waals surface area (Å²) in [6.07, 6.45) is 6.80. The molecule has 0 spiro atoms. The summed E-state index contributed by atoms with van der Waals surface area (Å²) in [6, 6.07) is 4.03. The van der Waals surface area contributed by atoms with Gasteiger partial charge in [0.2, 0.25) is 0 Å². The molecule has 0 aromatic carbocycles. The molecule has 0 N–H and O–H groups in total. The van der Waals surface area contributed by atoms with E-state index in [1.165, 1.54) is 30.5 Å². The van der Waals surface area contributed by atoms with Crippen LogP contribution in [0.1, 0.15) is 38.2 Å². The fourth-order valence-corrected chi connectivity index (χ4v) is 2.22. The minimum absolute atomic E-state index is 0.700. The van der Waals surface area contributed by atoms with Crippen LogP contribution < -0.4 is 0 Å². The van der Waals surface area contributed by atoms with Gasteiger partial charge in [0.15, 0.2) is 5.82 Å². The standard InChI is InChI=1S/C13H18N2/c1-3-11-7-4-8-12(11)15-13-10(2)6-5-9-14-13/h5-6,9,11H,3-4,7-8H2,1-2H3/b15-12+. The van der Waals surface area contributed by atoms with Crippen molar-refractivity contribution in [3.63, 3.8) is 0 Å². The molecule has 1 saturated carbocycles. The summed E-state index contributed by atoms with van der Waals surface area (Å²) in [5, 5.41) is 0. The maximum absolute atomic E-state index is 4.72. The molecule has 0 radical (unpaired) electrons. The van der Waals surface area contributed by atoms with E-state index in [0.717, 1.165) is 12.2 Å². The van der Waals surface area contributed by atoms with Crippen molar-refractivity contribution in [3.8, 4) is 0 Å². The molecular formula is C13H18N2. The van der Waals surface area contributed by atoms with E-state index >= 15 is 0 Å². The highest BCUT2D eigenvalue weighted by Gasteiger charge is 2.20. The number of nitrogens with zero attached hydrogens (tertiary/aromatic N) is 2. The number of hydrogen-bond acceptors (Lipinski definition) is 2. The lowest BCUT2D eigenvalue weighted by Crippen LogP contribution is -2.04. The van der Waals surface area contributed by atoms with Crippen molar-refractivity contribution in [2.75, 3.05) is 0 Å². The molecule has 0 amide bonds. The molecule has 1 heterocycles. The van der Waals surface area contributed by atoms with Crippen molar-refractivity contribution in [2.24, 2.45) is 10.9 Å². The molecule has 2 nitrogen and oxygen atoms in total. The summed E-state index contributed by atoms with van der Waals surface area (Å²) >= 11 is 0. The van der Waals surface area contributed by atoms with Gasteiger partial charge in [0.05, 0.1) is 0 Å². The van der Waals surface area contributed by atoms with E-state index in [4.69, 9.17) is 4.99 Å². The molecule has 0 saturated heterocycles. The topological polar surface area (TPSA) is 25.2 Å². The van der Waals surface area contributed by atoms with Crippen molar-refractivity contribution in [1.82, 2.24) is 4.98 Å². The minimum Gasteiger partial charge on any atom is -0.238 e. The number of aliphatic imine (C=N–C) groups is 1. The lowest BCUT2D eigenvalue weighted by molar-refractivity contribution is 0.644. The van der Waals surface area contributed by atoms with E-state index in [1.54, 1.807) is 0 Å². The summed E-state index contributed by atoms with van der Waals surface area (Å²) in [7, 11) is 0. The summed E-state index contributed by atoms with van der Waals surface area (Å²) in [6.45, 7) is 4.32. The normalized spacial score (nSPS) is 23.6. The molecule has 1 unspecified atom stereocenters. The number of rotatable bonds is 2. The van der Waals surface area contributed by atoms with Crippen LogP contribution in [0, 0.1) is 12.8 Å². The lowest BCUT2D eigenvalue weighted by Gasteiger charge is -2.07. The molecule has 15 heavy (non-hydrogen) atoms. The smallest absolute Gasteiger partial charge is 0.154 e. The Hall–Kier alpha value is -1.18. The zero-order chi connectivity index (χ0) is 10.7. The Labute approximate surface area is 91.5 Å². The first-order chi connectivity index (χ1) is 7.31. The molecule has 1 aliphatic carbocycles. The largest absolute Gasteiger partial charge is 0.238 e. The van der Waals surface area contributed by atoms with Gasteiger partial charge >= 0.3 is 0 Å². The van der Waals surface area contributed by atoms with Crippen molar-refractivity contribution in [2.45, 2.75) is 39.5 Å². The first-order valence-corrected chi connectivity index (χ1v) is 5.80. The third-order valence-electron chi connectivity index (χ3n) is 3.18. The second kappa shape index (κ2) is 4.56. The molecule has 1 aromatic rings. The molecule has 1 aromatic heterocycles. The second-order valence-electron chi connectivity index (χ2n) is 4.24. The third-order valence-corrected chi connectivity index (χ3v) is 3.18. The van der Waals surface area contributed by atoms with E-state index in [0.29, 0.717) is 5.92 Å². The predicted octanol–water partition coefficient (Wildman–Crippen LogP) is 3.67. The van der Waals surface area contributed by atoms with Gasteiger partial charge in [-0.2, -0.15) is 0 Å². The van der Waals surface area contributed by atoms with Crippen LogP contribution in [0.15, 0.2) is 23.3 Å². The van der Waals surface area contributed by atoms with Gasteiger partial charge in [-0.25, -0.2) is 9.98 Å². The van der Waals surface area contributed by atoms with Crippen LogP contribution in [0.2, 0.25) is 0 Å². The van der Waals surface area contributed by atoms with Gasteiger partial charge in [-0.3, -0.25) is 0 Å². The van der Waals surface area contributed by atoms with Crippen LogP contribution in [0.5, 0.6) is 0 Å². The Morgan fingerprint density at radius 3 is 3.13 bits per heavy atom. The summed E-state index contributed by atoms with van der Waals surface area (Å²) in [5.74, 6) is 1.61. The van der Waals surface area contributed by atoms with E-state index in [-0.39, 0.29) is 0 Å². The Morgan fingerprint density at radius 1 is 1.53 bits per heavy atom. The first-order valence-electron chi connectivity index (χ1n) is 5.80. The van der Waals surface area contributed by atoms with Gasteiger partial charge < -0.3 is 0 Å². The molecule has 1 aliphatic rings. The Balaban J connectivity index is 2.26. The average Bonchev–Trinajstić information content (AvgIpc) is 2.69. The van der Waals surface area contributed by atoms with Crippen molar-refractivity contribution < 1.29 is 0 Å². The summed E-state index contributed by atoms with van der Waals surface area (Å²) < 4.78 is 0. The van der Waals surface area contributed by atoms with Crippen LogP contribution in [-0.4, -0.2) is 10.7 Å². The number of aromatic nitrogens is 1. The van der Waals surface area contributed by atoms with E-state index in [9.17, 15) is 0 Å². The van der Waals surface area contributed by atoms with Crippen LogP contribution >= 0.6 is 0 Å².